The van der Waals surface area contributed by atoms with Crippen molar-refractivity contribution in [3.63, 3.8) is 0 Å². The molecule has 5 N–H and O–H groups in total. The van der Waals surface area contributed by atoms with Crippen LogP contribution in [0.4, 0.5) is 27.7 Å². The van der Waals surface area contributed by atoms with Gasteiger partial charge in [-0.3, -0.25) is 4.79 Å². The fourth-order valence-electron chi connectivity index (χ4n) is 8.32. The van der Waals surface area contributed by atoms with Crippen LogP contribution in [-0.2, 0) is 4.79 Å². The Morgan fingerprint density at radius 1 is 1.05 bits per heavy atom. The minimum atomic E-state index is -0.949. The number of anilines is 4. The number of hydrogen-bond acceptors (Lipinski definition) is 6. The van der Waals surface area contributed by atoms with Gasteiger partial charge in [-0.25, -0.2) is 9.78 Å². The summed E-state index contributed by atoms with van der Waals surface area (Å²) in [6.45, 7) is 9.30. The van der Waals surface area contributed by atoms with Crippen molar-refractivity contribution in [1.29, 1.82) is 0 Å². The van der Waals surface area contributed by atoms with E-state index in [1.165, 1.54) is 42.2 Å². The summed E-state index contributed by atoms with van der Waals surface area (Å²) in [7, 11) is -0.920. The van der Waals surface area contributed by atoms with Crippen LogP contribution in [0, 0.1) is 23.2 Å². The Morgan fingerprint density at radius 3 is 2.39 bits per heavy atom. The van der Waals surface area contributed by atoms with Crippen molar-refractivity contribution in [3.05, 3.63) is 42.6 Å². The van der Waals surface area contributed by atoms with Gasteiger partial charge >= 0.3 is 6.09 Å². The number of carbonyl (C=O) groups excluding carboxylic acids is 1. The molecule has 5 fully saturated rings. The van der Waals surface area contributed by atoms with Gasteiger partial charge in [0.1, 0.15) is 5.82 Å². The average Bonchev–Trinajstić information content (AvgIpc) is 2.95. The highest BCUT2D eigenvalue weighted by Crippen LogP contribution is 2.59. The topological polar surface area (TPSA) is 124 Å². The number of fused-ring (bicyclic) bond motifs is 1. The Morgan fingerprint density at radius 2 is 1.76 bits per heavy atom. The second-order valence-corrected chi connectivity index (χ2v) is 19.0. The Bertz CT molecular complexity index is 1260. The van der Waals surface area contributed by atoms with Gasteiger partial charge in [0.15, 0.2) is 0 Å². The number of hydrogen-bond donors (Lipinski definition) is 4. The Kier molecular flexibility index (Phi) is 7.38. The Labute approximate surface area is 243 Å². The molecule has 4 bridgehead atoms. The molecular formula is C31H44N6O3Si. The van der Waals surface area contributed by atoms with E-state index in [0.717, 1.165) is 51.0 Å². The molecule has 2 aromatic rings. The van der Waals surface area contributed by atoms with Crippen LogP contribution in [0.25, 0.3) is 0 Å². The lowest BCUT2D eigenvalue weighted by Crippen LogP contribution is -2.61. The highest BCUT2D eigenvalue weighted by atomic mass is 28.3. The van der Waals surface area contributed by atoms with E-state index >= 15 is 0 Å². The summed E-state index contributed by atoms with van der Waals surface area (Å²) in [5.41, 5.74) is 8.92. The van der Waals surface area contributed by atoms with E-state index < -0.39 is 14.2 Å². The third-order valence-corrected chi connectivity index (χ3v) is 13.6. The van der Waals surface area contributed by atoms with Gasteiger partial charge in [-0.1, -0.05) is 25.2 Å². The molecule has 2 amide bonds. The number of nitrogens with one attached hydrogen (secondary N) is 2. The van der Waals surface area contributed by atoms with E-state index in [0.29, 0.717) is 17.8 Å². The summed E-state index contributed by atoms with van der Waals surface area (Å²) in [5, 5.41) is 15.0. The largest absolute Gasteiger partial charge is 0.465 e. The van der Waals surface area contributed by atoms with Crippen LogP contribution in [0.1, 0.15) is 32.1 Å². The fraction of sp³-hybridized carbons (Fsp3) is 0.581. The third-order valence-electron chi connectivity index (χ3n) is 10.4. The maximum atomic E-state index is 11.7. The summed E-state index contributed by atoms with van der Waals surface area (Å²) < 4.78 is 0. The molecule has 6 aliphatic rings. The second kappa shape index (κ2) is 10.9. The number of benzene rings is 1. The lowest BCUT2D eigenvalue weighted by molar-refractivity contribution is -0.145. The van der Waals surface area contributed by atoms with Crippen LogP contribution in [0.3, 0.4) is 0 Å². The molecule has 1 aromatic carbocycles. The zero-order chi connectivity index (χ0) is 28.8. The molecule has 8 rings (SSSR count). The van der Waals surface area contributed by atoms with Crippen LogP contribution in [0.2, 0.25) is 25.2 Å². The normalized spacial score (nSPS) is 30.9. The molecule has 4 aliphatic carbocycles. The number of nitrogens with zero attached hydrogens (tertiary/aromatic N) is 3. The molecule has 220 valence electrons. The third kappa shape index (κ3) is 5.63. The number of nitrogens with two attached hydrogens (primary N) is 1. The second-order valence-electron chi connectivity index (χ2n) is 13.7. The lowest BCUT2D eigenvalue weighted by Gasteiger charge is -2.58. The van der Waals surface area contributed by atoms with E-state index in [9.17, 15) is 9.59 Å². The molecule has 4 saturated carbocycles. The molecule has 41 heavy (non-hydrogen) atoms. The predicted octanol–water partition coefficient (Wildman–Crippen LogP) is 5.11. The number of pyridine rings is 1. The van der Waals surface area contributed by atoms with Crippen LogP contribution < -0.4 is 26.2 Å². The molecule has 10 heteroatoms. The first-order valence-electron chi connectivity index (χ1n) is 15.2. The van der Waals surface area contributed by atoms with Crippen LogP contribution in [0.5, 0.6) is 0 Å². The standard InChI is InChI=1S/C19H26N4Si.C12H18N2O3/c1-24(2)13-11-22(12-14-24)16-7-8-19(21-15-16)23-10-9-20-17-5-3-4-6-18(17)23;13-10(15)12-3-6-1-7(4-12)9(14-11(16)17)8(2-6)5-12/h3-8,15,20H,9-14H2,1-2H3;6-9,14H,1-5H2,(H2,13,15)(H,16,17)/t;6?,7-,8+,9?,12?. The first-order valence-corrected chi connectivity index (χ1v) is 18.6. The zero-order valence-electron chi connectivity index (χ0n) is 24.3. The van der Waals surface area contributed by atoms with Crippen molar-refractivity contribution in [1.82, 2.24) is 10.3 Å². The monoisotopic (exact) mass is 576 g/mol. The number of carboxylic acid groups (broad SMARTS) is 1. The van der Waals surface area contributed by atoms with Crippen molar-refractivity contribution in [2.75, 3.05) is 41.3 Å². The zero-order valence-corrected chi connectivity index (χ0v) is 25.3. The van der Waals surface area contributed by atoms with Gasteiger partial charge in [0, 0.05) is 37.6 Å². The number of rotatable bonds is 4. The molecule has 0 spiro atoms. The maximum absolute atomic E-state index is 11.7. The first-order chi connectivity index (χ1) is 19.6. The van der Waals surface area contributed by atoms with Crippen molar-refractivity contribution in [3.8, 4) is 0 Å². The van der Waals surface area contributed by atoms with Crippen LogP contribution in [-0.4, -0.2) is 62.4 Å². The minimum Gasteiger partial charge on any atom is -0.465 e. The van der Waals surface area contributed by atoms with Gasteiger partial charge in [0.25, 0.3) is 0 Å². The van der Waals surface area contributed by atoms with Gasteiger partial charge in [0.05, 0.1) is 31.3 Å². The quantitative estimate of drug-likeness (QED) is 0.373. The van der Waals surface area contributed by atoms with Crippen molar-refractivity contribution in [2.45, 2.75) is 63.3 Å². The van der Waals surface area contributed by atoms with Crippen molar-refractivity contribution >= 4 is 43.0 Å². The van der Waals surface area contributed by atoms with Gasteiger partial charge in [-0.15, -0.1) is 0 Å². The fourth-order valence-corrected chi connectivity index (χ4v) is 10.3. The van der Waals surface area contributed by atoms with E-state index in [1.54, 1.807) is 0 Å². The lowest BCUT2D eigenvalue weighted by atomic mass is 9.47. The van der Waals surface area contributed by atoms with E-state index in [-0.39, 0.29) is 17.4 Å². The predicted molar refractivity (Wildman–Crippen MR) is 166 cm³/mol. The molecule has 2 aliphatic heterocycles. The molecule has 9 nitrogen and oxygen atoms in total. The molecule has 0 radical (unpaired) electrons. The van der Waals surface area contributed by atoms with Gasteiger partial charge in [0.2, 0.25) is 5.91 Å². The summed E-state index contributed by atoms with van der Waals surface area (Å²) in [5.74, 6) is 2.06. The van der Waals surface area contributed by atoms with Gasteiger partial charge < -0.3 is 31.3 Å². The van der Waals surface area contributed by atoms with E-state index in [4.69, 9.17) is 15.8 Å². The van der Waals surface area contributed by atoms with Crippen molar-refractivity contribution in [2.24, 2.45) is 28.9 Å². The number of carbonyl (C=O) groups is 2. The van der Waals surface area contributed by atoms with Crippen LogP contribution in [0.15, 0.2) is 42.6 Å². The molecule has 3 heterocycles. The van der Waals surface area contributed by atoms with E-state index in [2.05, 4.69) is 76.1 Å². The van der Waals surface area contributed by atoms with Crippen molar-refractivity contribution < 1.29 is 14.7 Å². The summed E-state index contributed by atoms with van der Waals surface area (Å²) in [6, 6.07) is 15.7. The first kappa shape index (κ1) is 27.9. The summed E-state index contributed by atoms with van der Waals surface area (Å²) in [6.07, 6.45) is 5.69. The number of primary amides is 1. The molecule has 5 atom stereocenters. The van der Waals surface area contributed by atoms with Gasteiger partial charge in [-0.2, -0.15) is 0 Å². The molecule has 3 unspecified atom stereocenters. The van der Waals surface area contributed by atoms with Crippen LogP contribution >= 0.6 is 0 Å². The number of para-hydroxylation sites is 2. The minimum absolute atomic E-state index is 0.0384. The smallest absolute Gasteiger partial charge is 0.404 e. The summed E-state index contributed by atoms with van der Waals surface area (Å²) >= 11 is 0. The molecule has 1 saturated heterocycles. The average molecular weight is 577 g/mol. The summed E-state index contributed by atoms with van der Waals surface area (Å²) in [4.78, 5) is 32.1. The number of aromatic nitrogens is 1. The highest BCUT2D eigenvalue weighted by Gasteiger charge is 2.58. The Balaban J connectivity index is 0.000000156. The molecular weight excluding hydrogens is 532 g/mol. The van der Waals surface area contributed by atoms with Gasteiger partial charge in [-0.05, 0) is 86.2 Å². The number of amides is 2. The SMILES string of the molecule is C[Si]1(C)CCN(c2ccc(N3CCNc4ccccc43)nc2)CC1.NC(=O)C12CC3C[C@H](C1)C(NC(=O)O)[C@@H](C3)C2. The molecule has 1 aromatic heterocycles. The highest BCUT2D eigenvalue weighted by molar-refractivity contribution is 6.77. The Hall–Kier alpha value is -3.27. The maximum Gasteiger partial charge on any atom is 0.404 e. The van der Waals surface area contributed by atoms with E-state index in [1.807, 2.05) is 0 Å².